The van der Waals surface area contributed by atoms with Gasteiger partial charge in [-0.05, 0) is 31.4 Å². The normalized spacial score (nSPS) is 13.1. The van der Waals surface area contributed by atoms with Crippen LogP contribution in [-0.4, -0.2) is 12.3 Å². The molecule has 0 N–H and O–H groups in total. The molecular formula is C12H17NO. The molecule has 0 saturated heterocycles. The van der Waals surface area contributed by atoms with Gasteiger partial charge < -0.3 is 4.84 Å². The maximum absolute atomic E-state index is 5.22. The van der Waals surface area contributed by atoms with E-state index in [9.17, 15) is 0 Å². The first-order valence-electron chi connectivity index (χ1n) is 4.99. The molecule has 1 atom stereocenters. The number of nitrogens with zero attached hydrogens (tertiary/aromatic N) is 1. The maximum atomic E-state index is 5.22. The summed E-state index contributed by atoms with van der Waals surface area (Å²) in [5.41, 5.74) is 2.32. The van der Waals surface area contributed by atoms with E-state index < -0.39 is 0 Å². The topological polar surface area (TPSA) is 21.6 Å². The van der Waals surface area contributed by atoms with E-state index in [2.05, 4.69) is 25.1 Å². The first kappa shape index (κ1) is 10.8. The molecule has 0 aliphatic rings. The molecule has 0 aliphatic carbocycles. The molecule has 1 aromatic carbocycles. The number of hydrogen-bond acceptors (Lipinski definition) is 2. The van der Waals surface area contributed by atoms with Crippen LogP contribution in [0.4, 0.5) is 0 Å². The fourth-order valence-electron chi connectivity index (χ4n) is 0.997. The molecular weight excluding hydrogens is 174 g/mol. The van der Waals surface area contributed by atoms with Gasteiger partial charge in [-0.1, -0.05) is 36.3 Å². The molecule has 0 spiro atoms. The molecule has 0 aromatic heterocycles. The summed E-state index contributed by atoms with van der Waals surface area (Å²) in [4.78, 5) is 5.22. The zero-order chi connectivity index (χ0) is 10.4. The molecule has 0 radical (unpaired) electrons. The van der Waals surface area contributed by atoms with Crippen LogP contribution in [0, 0.1) is 6.92 Å². The highest BCUT2D eigenvalue weighted by molar-refractivity contribution is 5.81. The van der Waals surface area contributed by atoms with Crippen molar-refractivity contribution in [1.29, 1.82) is 0 Å². The van der Waals surface area contributed by atoms with E-state index in [0.29, 0.717) is 0 Å². The predicted octanol–water partition coefficient (Wildman–Crippen LogP) is 3.14. The van der Waals surface area contributed by atoms with Crippen LogP contribution in [0.1, 0.15) is 31.4 Å². The highest BCUT2D eigenvalue weighted by Crippen LogP contribution is 2.04. The van der Waals surface area contributed by atoms with E-state index in [1.54, 1.807) is 6.21 Å². The van der Waals surface area contributed by atoms with Crippen LogP contribution in [0.15, 0.2) is 29.4 Å². The first-order valence-corrected chi connectivity index (χ1v) is 4.99. The monoisotopic (exact) mass is 191 g/mol. The molecule has 1 aromatic rings. The number of benzene rings is 1. The van der Waals surface area contributed by atoms with Gasteiger partial charge in [0.25, 0.3) is 0 Å². The van der Waals surface area contributed by atoms with Crippen molar-refractivity contribution in [3.63, 3.8) is 0 Å². The fourth-order valence-corrected chi connectivity index (χ4v) is 0.997. The zero-order valence-electron chi connectivity index (χ0n) is 9.03. The van der Waals surface area contributed by atoms with Crippen LogP contribution in [-0.2, 0) is 4.84 Å². The molecule has 0 fully saturated rings. The number of aryl methyl sites for hydroxylation is 1. The number of rotatable bonds is 4. The number of hydrogen-bond donors (Lipinski definition) is 0. The minimum atomic E-state index is 0.190. The molecule has 0 bridgehead atoms. The fraction of sp³-hybridized carbons (Fsp3) is 0.417. The van der Waals surface area contributed by atoms with E-state index in [-0.39, 0.29) is 6.10 Å². The molecule has 0 heterocycles. The summed E-state index contributed by atoms with van der Waals surface area (Å²) in [6, 6.07) is 8.10. The minimum absolute atomic E-state index is 0.190. The van der Waals surface area contributed by atoms with Crippen LogP contribution in [0.25, 0.3) is 0 Å². The van der Waals surface area contributed by atoms with Gasteiger partial charge in [-0.25, -0.2) is 0 Å². The molecule has 2 nitrogen and oxygen atoms in total. The molecule has 0 saturated carbocycles. The SMILES string of the molecule is CCC(C)ON=Cc1ccccc1C. The summed E-state index contributed by atoms with van der Waals surface area (Å²) in [6.07, 6.45) is 2.93. The molecule has 0 aliphatic heterocycles. The second-order valence-electron chi connectivity index (χ2n) is 3.42. The lowest BCUT2D eigenvalue weighted by molar-refractivity contribution is 0.0712. The first-order chi connectivity index (χ1) is 6.74. The highest BCUT2D eigenvalue weighted by Gasteiger charge is 1.96. The Morgan fingerprint density at radius 2 is 2.14 bits per heavy atom. The van der Waals surface area contributed by atoms with Crippen LogP contribution >= 0.6 is 0 Å². The van der Waals surface area contributed by atoms with Crippen molar-refractivity contribution in [1.82, 2.24) is 0 Å². The summed E-state index contributed by atoms with van der Waals surface area (Å²) in [5, 5.41) is 3.95. The molecule has 2 heteroatoms. The summed E-state index contributed by atoms with van der Waals surface area (Å²) in [7, 11) is 0. The molecule has 76 valence electrons. The predicted molar refractivity (Wildman–Crippen MR) is 59.6 cm³/mol. The van der Waals surface area contributed by atoms with Gasteiger partial charge in [0, 0.05) is 0 Å². The van der Waals surface area contributed by atoms with Gasteiger partial charge in [0.15, 0.2) is 0 Å². The summed E-state index contributed by atoms with van der Waals surface area (Å²) in [5.74, 6) is 0. The minimum Gasteiger partial charge on any atom is -0.393 e. The summed E-state index contributed by atoms with van der Waals surface area (Å²) in [6.45, 7) is 6.15. The van der Waals surface area contributed by atoms with Crippen molar-refractivity contribution >= 4 is 6.21 Å². The summed E-state index contributed by atoms with van der Waals surface area (Å²) < 4.78 is 0. The Hall–Kier alpha value is -1.31. The Balaban J connectivity index is 2.56. The van der Waals surface area contributed by atoms with Gasteiger partial charge in [0.1, 0.15) is 6.10 Å². The smallest absolute Gasteiger partial charge is 0.124 e. The Morgan fingerprint density at radius 1 is 1.43 bits per heavy atom. The van der Waals surface area contributed by atoms with Crippen molar-refractivity contribution in [3.05, 3.63) is 35.4 Å². The Kier molecular flexibility index (Phi) is 4.17. The number of oxime groups is 1. The van der Waals surface area contributed by atoms with E-state index in [4.69, 9.17) is 4.84 Å². The molecule has 14 heavy (non-hydrogen) atoms. The van der Waals surface area contributed by atoms with Crippen molar-refractivity contribution in [2.24, 2.45) is 5.16 Å². The highest BCUT2D eigenvalue weighted by atomic mass is 16.6. The molecule has 1 rings (SSSR count). The Morgan fingerprint density at radius 3 is 2.79 bits per heavy atom. The van der Waals surface area contributed by atoms with Crippen molar-refractivity contribution in [3.8, 4) is 0 Å². The van der Waals surface area contributed by atoms with Crippen LogP contribution in [0.2, 0.25) is 0 Å². The maximum Gasteiger partial charge on any atom is 0.124 e. The Bertz CT molecular complexity index is 307. The van der Waals surface area contributed by atoms with E-state index >= 15 is 0 Å². The lowest BCUT2D eigenvalue weighted by atomic mass is 10.1. The lowest BCUT2D eigenvalue weighted by Crippen LogP contribution is -2.01. The standard InChI is InChI=1S/C12H17NO/c1-4-11(3)14-13-9-12-8-6-5-7-10(12)2/h5-9,11H,4H2,1-3H3. The Labute approximate surface area is 85.6 Å². The van der Waals surface area contributed by atoms with Crippen LogP contribution in [0.3, 0.4) is 0 Å². The average Bonchev–Trinajstić information content (AvgIpc) is 2.20. The van der Waals surface area contributed by atoms with Crippen molar-refractivity contribution in [2.75, 3.05) is 0 Å². The van der Waals surface area contributed by atoms with Gasteiger partial charge in [-0.15, -0.1) is 0 Å². The average molecular weight is 191 g/mol. The van der Waals surface area contributed by atoms with E-state index in [1.807, 2.05) is 25.1 Å². The van der Waals surface area contributed by atoms with Crippen molar-refractivity contribution in [2.45, 2.75) is 33.3 Å². The second-order valence-corrected chi connectivity index (χ2v) is 3.42. The van der Waals surface area contributed by atoms with Gasteiger partial charge in [-0.2, -0.15) is 0 Å². The molecule has 0 amide bonds. The third-order valence-electron chi connectivity index (χ3n) is 2.20. The van der Waals surface area contributed by atoms with Crippen molar-refractivity contribution < 1.29 is 4.84 Å². The van der Waals surface area contributed by atoms with Gasteiger partial charge in [-0.3, -0.25) is 0 Å². The second kappa shape index (κ2) is 5.43. The lowest BCUT2D eigenvalue weighted by Gasteiger charge is -2.05. The molecule has 1 unspecified atom stereocenters. The zero-order valence-corrected chi connectivity index (χ0v) is 9.03. The van der Waals surface area contributed by atoms with E-state index in [0.717, 1.165) is 12.0 Å². The van der Waals surface area contributed by atoms with Crippen LogP contribution < -0.4 is 0 Å². The summed E-state index contributed by atoms with van der Waals surface area (Å²) >= 11 is 0. The third kappa shape index (κ3) is 3.21. The van der Waals surface area contributed by atoms with Crippen LogP contribution in [0.5, 0.6) is 0 Å². The van der Waals surface area contributed by atoms with E-state index in [1.165, 1.54) is 5.56 Å². The van der Waals surface area contributed by atoms with Gasteiger partial charge >= 0.3 is 0 Å². The largest absolute Gasteiger partial charge is 0.393 e. The van der Waals surface area contributed by atoms with Gasteiger partial charge in [0.05, 0.1) is 6.21 Å². The third-order valence-corrected chi connectivity index (χ3v) is 2.20. The van der Waals surface area contributed by atoms with Gasteiger partial charge in [0.2, 0.25) is 0 Å². The quantitative estimate of drug-likeness (QED) is 0.529.